The van der Waals surface area contributed by atoms with Crippen LogP contribution in [-0.2, 0) is 23.1 Å². The molecule has 10 nitrogen and oxygen atoms in total. The Labute approximate surface area is 239 Å². The van der Waals surface area contributed by atoms with Crippen LogP contribution in [0.5, 0.6) is 0 Å². The predicted molar refractivity (Wildman–Crippen MR) is 152 cm³/mol. The Morgan fingerprint density at radius 3 is 2.46 bits per heavy atom. The molecular formula is C28H39F2N7O3S. The van der Waals surface area contributed by atoms with Crippen LogP contribution in [-0.4, -0.2) is 75.7 Å². The summed E-state index contributed by atoms with van der Waals surface area (Å²) in [6.45, 7) is 4.04. The average molecular weight is 592 g/mol. The molecule has 13 heteroatoms. The monoisotopic (exact) mass is 591 g/mol. The number of fused-ring (bicyclic) bond motifs is 1. The van der Waals surface area contributed by atoms with E-state index < -0.39 is 27.7 Å². The summed E-state index contributed by atoms with van der Waals surface area (Å²) in [4.78, 5) is 22.8. The topological polar surface area (TPSA) is 116 Å². The van der Waals surface area contributed by atoms with E-state index in [-0.39, 0.29) is 35.0 Å². The number of aromatic nitrogens is 4. The number of piperazine rings is 1. The maximum Gasteiger partial charge on any atom is 0.270 e. The molecule has 224 valence electrons. The lowest BCUT2D eigenvalue weighted by Crippen LogP contribution is -2.47. The second-order valence-electron chi connectivity index (χ2n) is 11.2. The lowest BCUT2D eigenvalue weighted by molar-refractivity contribution is 0.0901. The number of carbonyl (C=O) groups is 1. The van der Waals surface area contributed by atoms with Gasteiger partial charge in [-0.1, -0.05) is 32.1 Å². The second-order valence-corrected chi connectivity index (χ2v) is 13.2. The summed E-state index contributed by atoms with van der Waals surface area (Å²) in [5, 5.41) is 7.33. The number of benzene rings is 1. The van der Waals surface area contributed by atoms with E-state index in [0.29, 0.717) is 44.2 Å². The van der Waals surface area contributed by atoms with Gasteiger partial charge in [-0.05, 0) is 37.8 Å². The normalized spacial score (nSPS) is 19.2. The molecular weight excluding hydrogens is 552 g/mol. The molecule has 5 rings (SSSR count). The Morgan fingerprint density at radius 1 is 1.12 bits per heavy atom. The minimum absolute atomic E-state index is 0.0199. The second kappa shape index (κ2) is 12.5. The Kier molecular flexibility index (Phi) is 9.05. The fourth-order valence-electron chi connectivity index (χ4n) is 6.11. The van der Waals surface area contributed by atoms with Crippen molar-refractivity contribution in [3.05, 3.63) is 47.0 Å². The van der Waals surface area contributed by atoms with Crippen molar-refractivity contribution in [2.24, 2.45) is 5.92 Å². The summed E-state index contributed by atoms with van der Waals surface area (Å²) in [5.41, 5.74) is 0.492. The maximum atomic E-state index is 15.8. The molecule has 2 N–H and O–H groups in total. The van der Waals surface area contributed by atoms with Crippen LogP contribution in [0, 0.1) is 17.6 Å². The van der Waals surface area contributed by atoms with Crippen molar-refractivity contribution in [3.8, 4) is 0 Å². The van der Waals surface area contributed by atoms with Gasteiger partial charge in [0.15, 0.2) is 11.6 Å². The number of carbonyl (C=O) groups excluding carboxylic acids is 1. The zero-order valence-electron chi connectivity index (χ0n) is 23.7. The fraction of sp³-hybridized carbons (Fsp3) is 0.607. The molecule has 41 heavy (non-hydrogen) atoms. The van der Waals surface area contributed by atoms with Crippen LogP contribution < -0.4 is 5.32 Å². The van der Waals surface area contributed by atoms with E-state index in [2.05, 4.69) is 20.4 Å². The number of aryl methyl sites for hydroxylation is 1. The van der Waals surface area contributed by atoms with E-state index in [4.69, 9.17) is 0 Å². The fourth-order valence-corrected chi connectivity index (χ4v) is 6.94. The number of imidazole rings is 1. The first-order valence-corrected chi connectivity index (χ1v) is 16.4. The molecule has 0 spiro atoms. The summed E-state index contributed by atoms with van der Waals surface area (Å²) in [6, 6.07) is 2.29. The summed E-state index contributed by atoms with van der Waals surface area (Å²) in [7, 11) is -3.29. The molecule has 1 aliphatic heterocycles. The maximum absolute atomic E-state index is 15.8. The van der Waals surface area contributed by atoms with Crippen LogP contribution in [0.1, 0.15) is 79.8 Å². The number of sulfonamides is 1. The summed E-state index contributed by atoms with van der Waals surface area (Å²) in [6.07, 6.45) is 9.97. The first-order chi connectivity index (χ1) is 19.7. The van der Waals surface area contributed by atoms with Gasteiger partial charge < -0.3 is 10.3 Å². The van der Waals surface area contributed by atoms with Crippen molar-refractivity contribution in [1.29, 1.82) is 0 Å². The van der Waals surface area contributed by atoms with Crippen molar-refractivity contribution in [3.63, 3.8) is 0 Å². The smallest absolute Gasteiger partial charge is 0.270 e. The first kappa shape index (κ1) is 29.6. The molecule has 0 radical (unpaired) electrons. The van der Waals surface area contributed by atoms with Gasteiger partial charge in [-0.25, -0.2) is 22.2 Å². The van der Waals surface area contributed by atoms with E-state index >= 15 is 8.78 Å². The molecule has 1 aliphatic carbocycles. The standard InChI is InChI=1S/C28H39F2N7O3S/c1-3-37-22(11-12-31-37)28(38)34-24(19-9-7-5-4-6-8-10-19)27-32-25-21(29)17-20(23(30)26(25)33-27)18-35-13-15-36(16-14-35)41(2,39)40/h11-12,17,19,24H,3-10,13-16,18H2,1-2H3,(H,32,33)(H,34,38)/t24-/m1/s1. The summed E-state index contributed by atoms with van der Waals surface area (Å²) in [5.74, 6) is -1.11. The van der Waals surface area contributed by atoms with Gasteiger partial charge in [-0.15, -0.1) is 0 Å². The highest BCUT2D eigenvalue weighted by atomic mass is 32.2. The Morgan fingerprint density at radius 2 is 1.80 bits per heavy atom. The summed E-state index contributed by atoms with van der Waals surface area (Å²) < 4.78 is 57.8. The largest absolute Gasteiger partial charge is 0.340 e. The zero-order valence-corrected chi connectivity index (χ0v) is 24.5. The van der Waals surface area contributed by atoms with Crippen LogP contribution in [0.25, 0.3) is 11.0 Å². The third-order valence-electron chi connectivity index (χ3n) is 8.40. The van der Waals surface area contributed by atoms with Gasteiger partial charge >= 0.3 is 0 Å². The molecule has 3 aromatic rings. The Hall–Kier alpha value is -2.90. The molecule has 0 bridgehead atoms. The molecule has 3 heterocycles. The molecule has 1 aromatic carbocycles. The number of aromatic amines is 1. The minimum Gasteiger partial charge on any atom is -0.340 e. The predicted octanol–water partition coefficient (Wildman–Crippen LogP) is 3.97. The highest BCUT2D eigenvalue weighted by Gasteiger charge is 2.31. The lowest BCUT2D eigenvalue weighted by Gasteiger charge is -2.33. The molecule has 1 saturated carbocycles. The van der Waals surface area contributed by atoms with Crippen LogP contribution >= 0.6 is 0 Å². The molecule has 2 aliphatic rings. The molecule has 1 atom stereocenters. The van der Waals surface area contributed by atoms with Gasteiger partial charge in [0.2, 0.25) is 10.0 Å². The molecule has 1 saturated heterocycles. The van der Waals surface area contributed by atoms with E-state index in [0.717, 1.165) is 38.5 Å². The number of H-pyrrole nitrogens is 1. The lowest BCUT2D eigenvalue weighted by atomic mass is 9.85. The van der Waals surface area contributed by atoms with Gasteiger partial charge in [0.25, 0.3) is 5.91 Å². The Bertz CT molecular complexity index is 1470. The molecule has 1 amide bonds. The number of halogens is 2. The molecule has 0 unspecified atom stereocenters. The van der Waals surface area contributed by atoms with E-state index in [9.17, 15) is 13.2 Å². The summed E-state index contributed by atoms with van der Waals surface area (Å²) >= 11 is 0. The van der Waals surface area contributed by atoms with Gasteiger partial charge in [0, 0.05) is 51.0 Å². The number of hydrogen-bond donors (Lipinski definition) is 2. The first-order valence-electron chi connectivity index (χ1n) is 14.5. The third kappa shape index (κ3) is 6.62. The van der Waals surface area contributed by atoms with Gasteiger partial charge in [-0.3, -0.25) is 14.4 Å². The van der Waals surface area contributed by atoms with Gasteiger partial charge in [0.05, 0.1) is 12.3 Å². The number of amides is 1. The number of rotatable bonds is 8. The van der Waals surface area contributed by atoms with Crippen LogP contribution in [0.3, 0.4) is 0 Å². The zero-order chi connectivity index (χ0) is 29.1. The highest BCUT2D eigenvalue weighted by molar-refractivity contribution is 7.88. The quantitative estimate of drug-likeness (QED) is 0.410. The third-order valence-corrected chi connectivity index (χ3v) is 9.70. The average Bonchev–Trinajstić information content (AvgIpc) is 3.58. The van der Waals surface area contributed by atoms with E-state index in [1.54, 1.807) is 16.9 Å². The van der Waals surface area contributed by atoms with E-state index in [1.165, 1.54) is 23.0 Å². The molecule has 2 fully saturated rings. The van der Waals surface area contributed by atoms with Crippen molar-refractivity contribution in [2.75, 3.05) is 32.4 Å². The van der Waals surface area contributed by atoms with Crippen molar-refractivity contribution >= 4 is 27.0 Å². The number of hydrogen-bond acceptors (Lipinski definition) is 6. The van der Waals surface area contributed by atoms with Crippen molar-refractivity contribution in [2.45, 2.75) is 71.0 Å². The number of nitrogens with one attached hydrogen (secondary N) is 2. The SMILES string of the molecule is CCn1nccc1C(=O)N[C@@H](c1nc2c(F)cc(CN3CCN(S(C)(=O)=O)CC3)c(F)c2[nH]1)C1CCCCCCC1. The Balaban J connectivity index is 1.43. The van der Waals surface area contributed by atoms with Crippen molar-refractivity contribution < 1.29 is 22.0 Å². The minimum atomic E-state index is -3.29. The van der Waals surface area contributed by atoms with Crippen LogP contribution in [0.4, 0.5) is 8.78 Å². The van der Waals surface area contributed by atoms with Crippen LogP contribution in [0.2, 0.25) is 0 Å². The number of nitrogens with zero attached hydrogens (tertiary/aromatic N) is 5. The van der Waals surface area contributed by atoms with Crippen LogP contribution in [0.15, 0.2) is 18.3 Å². The molecule has 2 aromatic heterocycles. The van der Waals surface area contributed by atoms with Gasteiger partial charge in [0.1, 0.15) is 22.6 Å². The van der Waals surface area contributed by atoms with Gasteiger partial charge in [-0.2, -0.15) is 9.40 Å². The van der Waals surface area contributed by atoms with Crippen molar-refractivity contribution in [1.82, 2.24) is 34.3 Å². The van der Waals surface area contributed by atoms with E-state index in [1.807, 2.05) is 11.8 Å². The highest BCUT2D eigenvalue weighted by Crippen LogP contribution is 2.34.